The van der Waals surface area contributed by atoms with Gasteiger partial charge in [0, 0.05) is 12.2 Å². The minimum Gasteiger partial charge on any atom is -0.327 e. The molecule has 0 spiro atoms. The Morgan fingerprint density at radius 3 is 2.58 bits per heavy atom. The monoisotopic (exact) mass is 312 g/mol. The zero-order valence-corrected chi connectivity index (χ0v) is 11.1. The number of alkyl halides is 3. The van der Waals surface area contributed by atoms with Crippen LogP contribution in [0.5, 0.6) is 0 Å². The van der Waals surface area contributed by atoms with Crippen molar-refractivity contribution in [1.82, 2.24) is 9.88 Å². The zero-order valence-electron chi connectivity index (χ0n) is 9.55. The average molecular weight is 313 g/mol. The maximum atomic E-state index is 12.5. The molecule has 0 bridgehead atoms. The summed E-state index contributed by atoms with van der Waals surface area (Å²) in [6, 6.07) is 0.801. The first-order chi connectivity index (χ1) is 8.78. The first-order valence-corrected chi connectivity index (χ1v) is 6.22. The van der Waals surface area contributed by atoms with Gasteiger partial charge in [-0.05, 0) is 18.9 Å². The van der Waals surface area contributed by atoms with Crippen molar-refractivity contribution in [1.29, 1.82) is 0 Å². The van der Waals surface area contributed by atoms with Crippen molar-refractivity contribution in [2.24, 2.45) is 0 Å². The average Bonchev–Trinajstić information content (AvgIpc) is 3.11. The summed E-state index contributed by atoms with van der Waals surface area (Å²) < 4.78 is 37.5. The van der Waals surface area contributed by atoms with Gasteiger partial charge >= 0.3 is 6.18 Å². The van der Waals surface area contributed by atoms with Gasteiger partial charge in [-0.3, -0.25) is 4.79 Å². The van der Waals surface area contributed by atoms with Crippen LogP contribution in [0.25, 0.3) is 0 Å². The number of hydrogen-bond acceptors (Lipinski definition) is 2. The molecule has 8 heteroatoms. The van der Waals surface area contributed by atoms with Crippen LogP contribution in [0, 0.1) is 0 Å². The lowest BCUT2D eigenvalue weighted by Crippen LogP contribution is -2.40. The molecule has 1 heterocycles. The third-order valence-electron chi connectivity index (χ3n) is 2.65. The number of aromatic nitrogens is 1. The number of rotatable bonds is 3. The molecule has 0 radical (unpaired) electrons. The highest BCUT2D eigenvalue weighted by Crippen LogP contribution is 2.32. The molecule has 1 aromatic rings. The van der Waals surface area contributed by atoms with Crippen LogP contribution in [0.1, 0.15) is 23.2 Å². The summed E-state index contributed by atoms with van der Waals surface area (Å²) in [5, 5.41) is -0.00210. The van der Waals surface area contributed by atoms with Crippen molar-refractivity contribution in [3.8, 4) is 0 Å². The van der Waals surface area contributed by atoms with E-state index in [9.17, 15) is 18.0 Å². The van der Waals surface area contributed by atoms with E-state index >= 15 is 0 Å². The minimum absolute atomic E-state index is 0.00973. The van der Waals surface area contributed by atoms with Gasteiger partial charge in [0.2, 0.25) is 0 Å². The highest BCUT2D eigenvalue weighted by molar-refractivity contribution is 6.35. The van der Waals surface area contributed by atoms with Crippen LogP contribution >= 0.6 is 23.2 Å². The van der Waals surface area contributed by atoms with Crippen LogP contribution in [0.3, 0.4) is 0 Å². The highest BCUT2D eigenvalue weighted by atomic mass is 35.5. The SMILES string of the molecule is O=C(c1cc(Cl)ncc1Cl)N(CC(F)(F)F)C1CC1. The van der Waals surface area contributed by atoms with Crippen molar-refractivity contribution in [3.05, 3.63) is 28.0 Å². The summed E-state index contributed by atoms with van der Waals surface area (Å²) in [5.41, 5.74) is -0.0576. The second-order valence-corrected chi connectivity index (χ2v) is 5.06. The molecule has 104 valence electrons. The third kappa shape index (κ3) is 3.73. The number of carbonyl (C=O) groups is 1. The molecule has 1 aliphatic rings. The van der Waals surface area contributed by atoms with E-state index in [1.54, 1.807) is 0 Å². The number of pyridine rings is 1. The third-order valence-corrected chi connectivity index (χ3v) is 3.16. The fraction of sp³-hybridized carbons (Fsp3) is 0.455. The largest absolute Gasteiger partial charge is 0.406 e. The van der Waals surface area contributed by atoms with Gasteiger partial charge in [0.1, 0.15) is 11.7 Å². The molecule has 1 aromatic heterocycles. The molecule has 2 rings (SSSR count). The molecular weight excluding hydrogens is 304 g/mol. The van der Waals surface area contributed by atoms with Gasteiger partial charge in [-0.25, -0.2) is 4.98 Å². The Kier molecular flexibility index (Phi) is 3.92. The number of hydrogen-bond donors (Lipinski definition) is 0. The maximum Gasteiger partial charge on any atom is 0.406 e. The molecule has 3 nitrogen and oxygen atoms in total. The topological polar surface area (TPSA) is 33.2 Å². The first kappa shape index (κ1) is 14.4. The van der Waals surface area contributed by atoms with Gasteiger partial charge in [-0.2, -0.15) is 13.2 Å². The van der Waals surface area contributed by atoms with Crippen molar-refractivity contribution < 1.29 is 18.0 Å². The molecule has 0 aliphatic heterocycles. The van der Waals surface area contributed by atoms with Crippen molar-refractivity contribution >= 4 is 29.1 Å². The van der Waals surface area contributed by atoms with E-state index in [-0.39, 0.29) is 21.8 Å². The molecule has 0 unspecified atom stereocenters. The van der Waals surface area contributed by atoms with E-state index < -0.39 is 18.6 Å². The van der Waals surface area contributed by atoms with Crippen molar-refractivity contribution in [2.45, 2.75) is 25.1 Å². The normalized spacial score (nSPS) is 15.4. The van der Waals surface area contributed by atoms with Crippen LogP contribution < -0.4 is 0 Å². The molecule has 0 aromatic carbocycles. The standard InChI is InChI=1S/C11H9Cl2F3N2O/c12-8-4-17-9(13)3-7(8)10(19)18(6-1-2-6)5-11(14,15)16/h3-4,6H,1-2,5H2. The molecule has 19 heavy (non-hydrogen) atoms. The molecule has 0 atom stereocenters. The van der Waals surface area contributed by atoms with Crippen LogP contribution in [-0.4, -0.2) is 34.6 Å². The summed E-state index contributed by atoms with van der Waals surface area (Å²) in [5.74, 6) is -0.769. The Bertz CT molecular complexity index is 503. The van der Waals surface area contributed by atoms with Crippen molar-refractivity contribution in [3.63, 3.8) is 0 Å². The van der Waals surface area contributed by atoms with E-state index in [4.69, 9.17) is 23.2 Å². The summed E-state index contributed by atoms with van der Waals surface area (Å²) >= 11 is 11.4. The first-order valence-electron chi connectivity index (χ1n) is 5.46. The van der Waals surface area contributed by atoms with Gasteiger partial charge in [0.25, 0.3) is 5.91 Å². The quantitative estimate of drug-likeness (QED) is 0.800. The summed E-state index contributed by atoms with van der Waals surface area (Å²) in [4.78, 5) is 16.6. The fourth-order valence-electron chi connectivity index (χ4n) is 1.68. The molecule has 1 saturated carbocycles. The Morgan fingerprint density at radius 1 is 1.42 bits per heavy atom. The fourth-order valence-corrected chi connectivity index (χ4v) is 2.02. The maximum absolute atomic E-state index is 12.5. The van der Waals surface area contributed by atoms with Crippen LogP contribution in [0.4, 0.5) is 13.2 Å². The Hall–Kier alpha value is -1.01. The lowest BCUT2D eigenvalue weighted by atomic mass is 10.2. The number of amides is 1. The summed E-state index contributed by atoms with van der Waals surface area (Å²) in [7, 11) is 0. The van der Waals surface area contributed by atoms with E-state index in [0.29, 0.717) is 12.8 Å². The minimum atomic E-state index is -4.44. The zero-order chi connectivity index (χ0) is 14.2. The van der Waals surface area contributed by atoms with Gasteiger partial charge in [0.05, 0.1) is 10.6 Å². The van der Waals surface area contributed by atoms with E-state index in [2.05, 4.69) is 4.98 Å². The second kappa shape index (κ2) is 5.17. The molecule has 1 fully saturated rings. The number of nitrogens with zero attached hydrogens (tertiary/aromatic N) is 2. The smallest absolute Gasteiger partial charge is 0.327 e. The van der Waals surface area contributed by atoms with Gasteiger partial charge in [-0.15, -0.1) is 0 Å². The molecule has 0 saturated heterocycles. The van der Waals surface area contributed by atoms with Gasteiger partial charge < -0.3 is 4.90 Å². The van der Waals surface area contributed by atoms with Crippen LogP contribution in [-0.2, 0) is 0 Å². The molecular formula is C11H9Cl2F3N2O. The number of carbonyl (C=O) groups excluding carboxylic acids is 1. The number of halogens is 5. The van der Waals surface area contributed by atoms with E-state index in [1.165, 1.54) is 6.07 Å². The second-order valence-electron chi connectivity index (χ2n) is 4.27. The van der Waals surface area contributed by atoms with E-state index in [0.717, 1.165) is 11.1 Å². The highest BCUT2D eigenvalue weighted by Gasteiger charge is 2.41. The molecule has 0 N–H and O–H groups in total. The lowest BCUT2D eigenvalue weighted by molar-refractivity contribution is -0.141. The Balaban J connectivity index is 2.26. The summed E-state index contributed by atoms with van der Waals surface area (Å²) in [6.45, 7) is -1.28. The summed E-state index contributed by atoms with van der Waals surface area (Å²) in [6.07, 6.45) is -2.16. The van der Waals surface area contributed by atoms with Gasteiger partial charge in [0.15, 0.2) is 0 Å². The lowest BCUT2D eigenvalue weighted by Gasteiger charge is -2.24. The molecule has 1 aliphatic carbocycles. The Morgan fingerprint density at radius 2 is 2.05 bits per heavy atom. The van der Waals surface area contributed by atoms with Crippen LogP contribution in [0.2, 0.25) is 10.2 Å². The van der Waals surface area contributed by atoms with Gasteiger partial charge in [-0.1, -0.05) is 23.2 Å². The van der Waals surface area contributed by atoms with Crippen LogP contribution in [0.15, 0.2) is 12.3 Å². The van der Waals surface area contributed by atoms with Crippen molar-refractivity contribution in [2.75, 3.05) is 6.54 Å². The predicted molar refractivity (Wildman–Crippen MR) is 64.4 cm³/mol. The molecule has 1 amide bonds. The van der Waals surface area contributed by atoms with E-state index in [1.807, 2.05) is 0 Å². The Labute approximate surface area is 117 Å². The predicted octanol–water partition coefficient (Wildman–Crippen LogP) is 3.56.